The van der Waals surface area contributed by atoms with Crippen LogP contribution in [-0.2, 0) is 6.18 Å². The average molecular weight is 507 g/mol. The standard InChI is InChI=1S/C29H21F4NO3/c1-17-14-21(12-13-34-17)27(35)16-24(22-4-2-3-5-25(22)29(31,32)33)19-8-6-18(7-9-19)20-10-11-23(28(36)37)26(30)15-20/h2-15,24H,16H2,1H3,(H,36,37). The number of aromatic nitrogens is 1. The molecule has 8 heteroatoms. The summed E-state index contributed by atoms with van der Waals surface area (Å²) in [6.07, 6.45) is -3.35. The van der Waals surface area contributed by atoms with Gasteiger partial charge in [-0.05, 0) is 59.5 Å². The number of pyridine rings is 1. The fourth-order valence-corrected chi connectivity index (χ4v) is 4.26. The molecular formula is C29H21F4NO3. The van der Waals surface area contributed by atoms with Crippen molar-refractivity contribution in [2.75, 3.05) is 0 Å². The van der Waals surface area contributed by atoms with Crippen molar-refractivity contribution in [1.82, 2.24) is 4.98 Å². The lowest BCUT2D eigenvalue weighted by molar-refractivity contribution is -0.138. The molecule has 0 amide bonds. The molecule has 188 valence electrons. The molecule has 4 rings (SSSR count). The molecule has 0 radical (unpaired) electrons. The van der Waals surface area contributed by atoms with E-state index in [2.05, 4.69) is 4.98 Å². The van der Waals surface area contributed by atoms with Crippen molar-refractivity contribution in [3.8, 4) is 11.1 Å². The van der Waals surface area contributed by atoms with Crippen molar-refractivity contribution in [1.29, 1.82) is 0 Å². The van der Waals surface area contributed by atoms with Crippen molar-refractivity contribution in [3.63, 3.8) is 0 Å². The predicted molar refractivity (Wildman–Crippen MR) is 130 cm³/mol. The highest BCUT2D eigenvalue weighted by Crippen LogP contribution is 2.40. The second-order valence-electron chi connectivity index (χ2n) is 8.57. The van der Waals surface area contributed by atoms with Crippen LogP contribution in [0.15, 0.2) is 85.1 Å². The van der Waals surface area contributed by atoms with Crippen LogP contribution in [0.2, 0.25) is 0 Å². The molecule has 4 nitrogen and oxygen atoms in total. The van der Waals surface area contributed by atoms with Gasteiger partial charge in [0.1, 0.15) is 5.82 Å². The van der Waals surface area contributed by atoms with Gasteiger partial charge in [-0.15, -0.1) is 0 Å². The Morgan fingerprint density at radius 1 is 0.919 bits per heavy atom. The Hall–Kier alpha value is -4.33. The SMILES string of the molecule is Cc1cc(C(=O)CC(c2ccc(-c3ccc(C(=O)O)c(F)c3)cc2)c2ccccc2C(F)(F)F)ccn1. The minimum Gasteiger partial charge on any atom is -0.478 e. The molecule has 0 saturated heterocycles. The van der Waals surface area contributed by atoms with Gasteiger partial charge in [0.25, 0.3) is 0 Å². The number of benzene rings is 3. The Bertz CT molecular complexity index is 1460. The van der Waals surface area contributed by atoms with Crippen LogP contribution >= 0.6 is 0 Å². The van der Waals surface area contributed by atoms with E-state index in [1.807, 2.05) is 0 Å². The van der Waals surface area contributed by atoms with Gasteiger partial charge < -0.3 is 5.11 Å². The summed E-state index contributed by atoms with van der Waals surface area (Å²) in [6.45, 7) is 1.72. The molecule has 37 heavy (non-hydrogen) atoms. The van der Waals surface area contributed by atoms with Gasteiger partial charge in [-0.1, -0.05) is 48.5 Å². The van der Waals surface area contributed by atoms with Gasteiger partial charge in [0.15, 0.2) is 5.78 Å². The summed E-state index contributed by atoms with van der Waals surface area (Å²) in [5.74, 6) is -3.52. The summed E-state index contributed by atoms with van der Waals surface area (Å²) in [5.41, 5.74) is 1.07. The van der Waals surface area contributed by atoms with Crippen LogP contribution in [0.25, 0.3) is 11.1 Å². The number of halogens is 4. The molecular weight excluding hydrogens is 486 g/mol. The molecule has 0 spiro atoms. The van der Waals surface area contributed by atoms with E-state index in [0.29, 0.717) is 27.9 Å². The third-order valence-electron chi connectivity index (χ3n) is 6.10. The zero-order chi connectivity index (χ0) is 26.7. The highest BCUT2D eigenvalue weighted by atomic mass is 19.4. The lowest BCUT2D eigenvalue weighted by atomic mass is 9.83. The van der Waals surface area contributed by atoms with Crippen molar-refractivity contribution in [2.45, 2.75) is 25.4 Å². The van der Waals surface area contributed by atoms with E-state index in [0.717, 1.165) is 18.2 Å². The maximum Gasteiger partial charge on any atom is 0.416 e. The first kappa shape index (κ1) is 25.8. The minimum atomic E-state index is -4.62. The van der Waals surface area contributed by atoms with E-state index in [-0.39, 0.29) is 17.8 Å². The largest absolute Gasteiger partial charge is 0.478 e. The second kappa shape index (κ2) is 10.3. The second-order valence-corrected chi connectivity index (χ2v) is 8.57. The molecule has 3 aromatic carbocycles. The number of carboxylic acid groups (broad SMARTS) is 1. The van der Waals surface area contributed by atoms with Gasteiger partial charge in [-0.3, -0.25) is 9.78 Å². The zero-order valence-electron chi connectivity index (χ0n) is 19.6. The quantitative estimate of drug-likeness (QED) is 0.210. The lowest BCUT2D eigenvalue weighted by Gasteiger charge is -2.22. The molecule has 0 aliphatic rings. The van der Waals surface area contributed by atoms with E-state index in [9.17, 15) is 27.2 Å². The number of aryl methyl sites for hydroxylation is 1. The molecule has 0 fully saturated rings. The molecule has 1 aromatic heterocycles. The van der Waals surface area contributed by atoms with Gasteiger partial charge in [-0.2, -0.15) is 13.2 Å². The van der Waals surface area contributed by atoms with E-state index in [1.54, 1.807) is 37.3 Å². The van der Waals surface area contributed by atoms with Gasteiger partial charge in [0.2, 0.25) is 0 Å². The maximum absolute atomic E-state index is 14.2. The summed E-state index contributed by atoms with van der Waals surface area (Å²) in [7, 11) is 0. The number of rotatable bonds is 7. The fourth-order valence-electron chi connectivity index (χ4n) is 4.26. The van der Waals surface area contributed by atoms with Crippen molar-refractivity contribution in [3.05, 3.63) is 124 Å². The first-order valence-electron chi connectivity index (χ1n) is 11.3. The third kappa shape index (κ3) is 5.74. The third-order valence-corrected chi connectivity index (χ3v) is 6.10. The van der Waals surface area contributed by atoms with Crippen LogP contribution in [0.5, 0.6) is 0 Å². The summed E-state index contributed by atoms with van der Waals surface area (Å²) in [6, 6.07) is 18.4. The molecule has 1 N–H and O–H groups in total. The molecule has 4 aromatic rings. The highest BCUT2D eigenvalue weighted by molar-refractivity contribution is 5.97. The normalized spacial score (nSPS) is 12.2. The number of hydrogen-bond donors (Lipinski definition) is 1. The Kier molecular flexibility index (Phi) is 7.20. The Morgan fingerprint density at radius 3 is 2.22 bits per heavy atom. The van der Waals surface area contributed by atoms with Gasteiger partial charge in [-0.25, -0.2) is 9.18 Å². The summed E-state index contributed by atoms with van der Waals surface area (Å²) < 4.78 is 55.8. The molecule has 0 saturated carbocycles. The van der Waals surface area contributed by atoms with Crippen LogP contribution in [-0.4, -0.2) is 21.8 Å². The topological polar surface area (TPSA) is 67.3 Å². The lowest BCUT2D eigenvalue weighted by Crippen LogP contribution is -2.16. The molecule has 1 heterocycles. The van der Waals surface area contributed by atoms with Crippen molar-refractivity contribution >= 4 is 11.8 Å². The number of carboxylic acids is 1. The van der Waals surface area contributed by atoms with E-state index < -0.39 is 35.0 Å². The van der Waals surface area contributed by atoms with Crippen LogP contribution in [0, 0.1) is 12.7 Å². The molecule has 0 bridgehead atoms. The predicted octanol–water partition coefficient (Wildman–Crippen LogP) is 7.32. The van der Waals surface area contributed by atoms with Gasteiger partial charge >= 0.3 is 12.1 Å². The number of nitrogens with zero attached hydrogens (tertiary/aromatic N) is 1. The van der Waals surface area contributed by atoms with E-state index in [4.69, 9.17) is 5.11 Å². The Balaban J connectivity index is 1.75. The molecule has 1 unspecified atom stereocenters. The average Bonchev–Trinajstić information content (AvgIpc) is 2.86. The number of aromatic carboxylic acids is 1. The molecule has 1 atom stereocenters. The first-order valence-corrected chi connectivity index (χ1v) is 11.3. The van der Waals surface area contributed by atoms with Crippen molar-refractivity contribution in [2.24, 2.45) is 0 Å². The fraction of sp³-hybridized carbons (Fsp3) is 0.138. The smallest absolute Gasteiger partial charge is 0.416 e. The van der Waals surface area contributed by atoms with E-state index >= 15 is 0 Å². The molecule has 0 aliphatic heterocycles. The molecule has 0 aliphatic carbocycles. The summed E-state index contributed by atoms with van der Waals surface area (Å²) in [5, 5.41) is 9.03. The number of ketones is 1. The minimum absolute atomic E-state index is 0.0290. The number of carbonyl (C=O) groups excluding carboxylic acids is 1. The zero-order valence-corrected chi connectivity index (χ0v) is 19.6. The number of hydrogen-bond acceptors (Lipinski definition) is 3. The summed E-state index contributed by atoms with van der Waals surface area (Å²) >= 11 is 0. The van der Waals surface area contributed by atoms with Gasteiger partial charge in [0.05, 0.1) is 11.1 Å². The van der Waals surface area contributed by atoms with Crippen LogP contribution < -0.4 is 0 Å². The first-order chi connectivity index (χ1) is 17.5. The highest BCUT2D eigenvalue weighted by Gasteiger charge is 2.36. The van der Waals surface area contributed by atoms with Crippen LogP contribution in [0.3, 0.4) is 0 Å². The Morgan fingerprint density at radius 2 is 1.59 bits per heavy atom. The number of Topliss-reactive ketones (excluding diaryl/α,β-unsaturated/α-hetero) is 1. The number of carbonyl (C=O) groups is 2. The maximum atomic E-state index is 14.2. The van der Waals surface area contributed by atoms with E-state index in [1.165, 1.54) is 36.5 Å². The number of alkyl halides is 3. The van der Waals surface area contributed by atoms with Gasteiger partial charge in [0, 0.05) is 29.8 Å². The summed E-state index contributed by atoms with van der Waals surface area (Å²) in [4.78, 5) is 28.3. The van der Waals surface area contributed by atoms with Crippen molar-refractivity contribution < 1.29 is 32.3 Å². The monoisotopic (exact) mass is 507 g/mol. The van der Waals surface area contributed by atoms with Crippen LogP contribution in [0.4, 0.5) is 17.6 Å². The van der Waals surface area contributed by atoms with Crippen LogP contribution in [0.1, 0.15) is 55.4 Å². The Labute approximate surface area is 210 Å².